The van der Waals surface area contributed by atoms with E-state index in [0.29, 0.717) is 30.1 Å². The first-order valence-corrected chi connectivity index (χ1v) is 12.7. The summed E-state index contributed by atoms with van der Waals surface area (Å²) in [5, 5.41) is 46.8. The Labute approximate surface area is 233 Å². The minimum absolute atomic E-state index is 0.00675. The molecule has 12 heteroatoms. The summed E-state index contributed by atoms with van der Waals surface area (Å²) in [5.74, 6) is 3.80. The van der Waals surface area contributed by atoms with Crippen molar-refractivity contribution in [2.24, 2.45) is 5.73 Å². The smallest absolute Gasteiger partial charge is 0.214 e. The molecule has 3 aliphatic rings. The Morgan fingerprint density at radius 3 is 2.55 bits per heavy atom. The van der Waals surface area contributed by atoms with E-state index in [1.54, 1.807) is 6.07 Å². The molecule has 2 fully saturated rings. The second-order valence-corrected chi connectivity index (χ2v) is 9.42. The van der Waals surface area contributed by atoms with Crippen molar-refractivity contribution < 1.29 is 54.0 Å². The van der Waals surface area contributed by atoms with Crippen molar-refractivity contribution >= 4 is 11.5 Å². The first kappa shape index (κ1) is 33.2. The van der Waals surface area contributed by atoms with Gasteiger partial charge in [0.15, 0.2) is 6.29 Å². The molecule has 7 atom stereocenters. The van der Waals surface area contributed by atoms with E-state index in [1.165, 1.54) is 6.92 Å². The zero-order valence-electron chi connectivity index (χ0n) is 22.6. The minimum Gasteiger partial charge on any atom is -0.465 e. The van der Waals surface area contributed by atoms with Crippen molar-refractivity contribution in [3.05, 3.63) is 42.2 Å². The molecular weight excluding hydrogens is 526 g/mol. The van der Waals surface area contributed by atoms with Crippen LogP contribution in [0.2, 0.25) is 0 Å². The zero-order valence-corrected chi connectivity index (χ0v) is 22.6. The summed E-state index contributed by atoms with van der Waals surface area (Å²) in [6, 6.07) is 5.55. The second-order valence-electron chi connectivity index (χ2n) is 9.42. The van der Waals surface area contributed by atoms with Crippen molar-refractivity contribution in [1.82, 2.24) is 0 Å². The summed E-state index contributed by atoms with van der Waals surface area (Å²) in [7, 11) is 0. The van der Waals surface area contributed by atoms with Crippen LogP contribution in [0.25, 0.3) is 5.57 Å². The Morgan fingerprint density at radius 2 is 1.90 bits per heavy atom. The molecule has 1 aromatic rings. The fourth-order valence-corrected chi connectivity index (χ4v) is 4.07. The summed E-state index contributed by atoms with van der Waals surface area (Å²) in [5.41, 5.74) is 6.56. The fraction of sp³-hybridized carbons (Fsp3) is 0.536. The molecule has 3 aliphatic heterocycles. The Bertz CT molecular complexity index is 1050. The number of terminal acetylenes is 1. The maximum Gasteiger partial charge on any atom is 0.214 e. The molecule has 0 aromatic heterocycles. The highest BCUT2D eigenvalue weighted by atomic mass is 16.7. The van der Waals surface area contributed by atoms with Gasteiger partial charge in [0.2, 0.25) is 12.2 Å². The number of ether oxygens (including phenoxy) is 5. The molecule has 0 spiro atoms. The number of amides is 1. The molecule has 4 rings (SSSR count). The fourth-order valence-electron chi connectivity index (χ4n) is 4.07. The van der Waals surface area contributed by atoms with Crippen LogP contribution in [0, 0.1) is 12.3 Å². The molecule has 3 heterocycles. The molecule has 2 saturated heterocycles. The lowest BCUT2D eigenvalue weighted by Gasteiger charge is -2.34. The van der Waals surface area contributed by atoms with Gasteiger partial charge in [0, 0.05) is 37.8 Å². The summed E-state index contributed by atoms with van der Waals surface area (Å²) in [6.07, 6.45) is 2.31. The average Bonchev–Trinajstić information content (AvgIpc) is 2.86. The SMILES string of the molecule is C#CCOCC1OC(O)CC(O)C1O.C=C1C=C(C)c2ccc(OC3CC(O)CC(CO)O3)cc2O1.CC(N)=O. The Kier molecular flexibility index (Phi) is 13.6. The number of carbonyl (C=O) groups excluding carboxylic acids is 1. The standard InChI is InChI=1S/C17H20O5.C9H14O5.C2H5NO/c1-10-5-11(2)20-16-8-13(3-4-15(10)16)21-17-7-12(19)6-14(9-18)22-17;1-2-3-13-5-7-9(12)6(10)4-8(11)14-7;1-2(3)4/h3-5,8,12,14,17-19H,2,6-7,9H2,1H3;1,6-12H,3-5H2;1H3,(H2,3,4). The van der Waals surface area contributed by atoms with Gasteiger partial charge in [-0.15, -0.1) is 6.42 Å². The van der Waals surface area contributed by atoms with Gasteiger partial charge >= 0.3 is 0 Å². The molecule has 222 valence electrons. The molecule has 1 amide bonds. The van der Waals surface area contributed by atoms with Gasteiger partial charge in [-0.25, -0.2) is 0 Å². The lowest BCUT2D eigenvalue weighted by atomic mass is 10.0. The number of fused-ring (bicyclic) bond motifs is 1. The number of aliphatic hydroxyl groups excluding tert-OH is 5. The number of aliphatic hydroxyl groups is 5. The lowest BCUT2D eigenvalue weighted by molar-refractivity contribution is -0.242. The summed E-state index contributed by atoms with van der Waals surface area (Å²) in [6.45, 7) is 7.15. The maximum absolute atomic E-state index is 9.81. The average molecular weight is 566 g/mol. The zero-order chi connectivity index (χ0) is 29.8. The number of nitrogens with two attached hydrogens (primary N) is 1. The van der Waals surface area contributed by atoms with Crippen LogP contribution < -0.4 is 15.2 Å². The van der Waals surface area contributed by atoms with Gasteiger partial charge in [0.05, 0.1) is 31.5 Å². The molecule has 0 aliphatic carbocycles. The van der Waals surface area contributed by atoms with Crippen LogP contribution >= 0.6 is 0 Å². The van der Waals surface area contributed by atoms with E-state index >= 15 is 0 Å². The largest absolute Gasteiger partial charge is 0.465 e. The predicted octanol–water partition coefficient (Wildman–Crippen LogP) is 0.190. The normalized spacial score (nSPS) is 29.1. The minimum atomic E-state index is -1.06. The number of primary amides is 1. The summed E-state index contributed by atoms with van der Waals surface area (Å²) >= 11 is 0. The third-order valence-electron chi connectivity index (χ3n) is 5.83. The van der Waals surface area contributed by atoms with Crippen LogP contribution in [0.5, 0.6) is 11.5 Å². The molecule has 1 aromatic carbocycles. The number of rotatable bonds is 6. The topological polar surface area (TPSA) is 190 Å². The van der Waals surface area contributed by atoms with Crippen LogP contribution in [0.15, 0.2) is 36.6 Å². The van der Waals surface area contributed by atoms with E-state index in [0.717, 1.165) is 11.1 Å². The van der Waals surface area contributed by atoms with Gasteiger partial charge < -0.3 is 55.0 Å². The van der Waals surface area contributed by atoms with E-state index in [1.807, 2.05) is 25.1 Å². The van der Waals surface area contributed by atoms with Gasteiger partial charge in [0.1, 0.15) is 36.1 Å². The van der Waals surface area contributed by atoms with Crippen LogP contribution in [0.4, 0.5) is 0 Å². The van der Waals surface area contributed by atoms with Gasteiger partial charge in [-0.3, -0.25) is 4.79 Å². The number of hydrogen-bond donors (Lipinski definition) is 6. The van der Waals surface area contributed by atoms with Crippen LogP contribution in [0.1, 0.15) is 38.7 Å². The molecule has 0 saturated carbocycles. The van der Waals surface area contributed by atoms with Crippen molar-refractivity contribution in [1.29, 1.82) is 0 Å². The predicted molar refractivity (Wildman–Crippen MR) is 144 cm³/mol. The van der Waals surface area contributed by atoms with Gasteiger partial charge in [-0.1, -0.05) is 12.5 Å². The number of benzene rings is 1. The van der Waals surface area contributed by atoms with Crippen molar-refractivity contribution in [2.45, 2.75) is 76.2 Å². The summed E-state index contributed by atoms with van der Waals surface area (Å²) < 4.78 is 26.9. The molecule has 0 bridgehead atoms. The Hall–Kier alpha value is -2.99. The maximum atomic E-state index is 9.81. The van der Waals surface area contributed by atoms with Crippen molar-refractivity contribution in [2.75, 3.05) is 19.8 Å². The van der Waals surface area contributed by atoms with Gasteiger partial charge in [-0.05, 0) is 30.7 Å². The van der Waals surface area contributed by atoms with Crippen LogP contribution in [0.3, 0.4) is 0 Å². The highest BCUT2D eigenvalue weighted by molar-refractivity contribution is 5.74. The van der Waals surface area contributed by atoms with Crippen LogP contribution in [-0.2, 0) is 19.0 Å². The van der Waals surface area contributed by atoms with E-state index < -0.39 is 43.1 Å². The third-order valence-corrected chi connectivity index (χ3v) is 5.83. The van der Waals surface area contributed by atoms with Crippen molar-refractivity contribution in [3.63, 3.8) is 0 Å². The molecule has 12 nitrogen and oxygen atoms in total. The van der Waals surface area contributed by atoms with Gasteiger partial charge in [-0.2, -0.15) is 0 Å². The molecule has 40 heavy (non-hydrogen) atoms. The van der Waals surface area contributed by atoms with E-state index in [9.17, 15) is 25.2 Å². The quantitative estimate of drug-likeness (QED) is 0.204. The highest BCUT2D eigenvalue weighted by Gasteiger charge is 2.36. The van der Waals surface area contributed by atoms with Crippen LogP contribution in [-0.4, -0.2) is 94.4 Å². The third kappa shape index (κ3) is 10.9. The van der Waals surface area contributed by atoms with E-state index in [-0.39, 0.29) is 32.1 Å². The molecular formula is C28H39NO11. The Morgan fingerprint density at radius 1 is 1.20 bits per heavy atom. The number of allylic oxidation sites excluding steroid dienone is 2. The van der Waals surface area contributed by atoms with E-state index in [2.05, 4.69) is 18.2 Å². The number of carbonyl (C=O) groups is 1. The van der Waals surface area contributed by atoms with Crippen molar-refractivity contribution in [3.8, 4) is 23.8 Å². The first-order valence-electron chi connectivity index (χ1n) is 12.7. The number of hydrogen-bond acceptors (Lipinski definition) is 11. The molecule has 7 unspecified atom stereocenters. The second kappa shape index (κ2) is 16.3. The van der Waals surface area contributed by atoms with Gasteiger partial charge in [0.25, 0.3) is 0 Å². The summed E-state index contributed by atoms with van der Waals surface area (Å²) in [4.78, 5) is 9.22. The Balaban J connectivity index is 0.000000267. The molecule has 0 radical (unpaired) electrons. The first-order chi connectivity index (χ1) is 18.9. The lowest BCUT2D eigenvalue weighted by Crippen LogP contribution is -2.50. The van der Waals surface area contributed by atoms with E-state index in [4.69, 9.17) is 35.2 Å². The highest BCUT2D eigenvalue weighted by Crippen LogP contribution is 2.36. The molecule has 7 N–H and O–H groups in total. The monoisotopic (exact) mass is 565 g/mol.